The minimum Gasteiger partial charge on any atom is -0.389 e. The number of nitrogens with zero attached hydrogens (tertiary/aromatic N) is 7. The highest BCUT2D eigenvalue weighted by molar-refractivity contribution is 7.94. The number of hydrogen-bond donors (Lipinski definition) is 3. The second-order valence-corrected chi connectivity index (χ2v) is 18.2. The number of piperidine rings is 4. The number of amides is 2. The summed E-state index contributed by atoms with van der Waals surface area (Å²) in [6.07, 6.45) is 3.07. The molecule has 0 saturated carbocycles. The van der Waals surface area contributed by atoms with Crippen molar-refractivity contribution in [3.63, 3.8) is 0 Å². The van der Waals surface area contributed by atoms with E-state index in [0.29, 0.717) is 38.1 Å². The molecule has 4 aliphatic rings. The van der Waals surface area contributed by atoms with Crippen LogP contribution in [0.4, 0.5) is 27.9 Å². The number of benzene rings is 1. The molecule has 3 aromatic rings. The number of imide groups is 1. The van der Waals surface area contributed by atoms with Crippen LogP contribution in [-0.4, -0.2) is 126 Å². The number of carbonyl (C=O) groups is 2. The largest absolute Gasteiger partial charge is 0.419 e. The van der Waals surface area contributed by atoms with Gasteiger partial charge in [0.1, 0.15) is 12.2 Å². The van der Waals surface area contributed by atoms with Crippen LogP contribution in [0, 0.1) is 17.8 Å². The third-order valence-electron chi connectivity index (χ3n) is 11.4. The van der Waals surface area contributed by atoms with Gasteiger partial charge in [-0.25, -0.2) is 27.4 Å². The molecule has 3 N–H and O–H groups in total. The number of anilines is 1. The SMILES string of the molecule is CC(C)(O)Cn1cc(-c2nc(NC3CCN(SN4CCC(CN5CCC(OCC#Cc6cccc(C7CCC(=O)NC7=O)c6)CC5)CC4)CC3(F)F)ncc2C(F)(F)F)cn1. The van der Waals surface area contributed by atoms with Crippen molar-refractivity contribution in [1.29, 1.82) is 0 Å². The molecule has 0 bridgehead atoms. The van der Waals surface area contributed by atoms with Crippen LogP contribution in [0.1, 0.15) is 81.4 Å². The van der Waals surface area contributed by atoms with E-state index in [2.05, 4.69) is 46.7 Å². The Morgan fingerprint density at radius 3 is 2.48 bits per heavy atom. The normalized spacial score (nSPS) is 22.8. The summed E-state index contributed by atoms with van der Waals surface area (Å²) in [6, 6.07) is 6.18. The van der Waals surface area contributed by atoms with Gasteiger partial charge in [0.2, 0.25) is 17.8 Å². The van der Waals surface area contributed by atoms with E-state index in [4.69, 9.17) is 4.74 Å². The first-order valence-electron chi connectivity index (χ1n) is 20.8. The van der Waals surface area contributed by atoms with Crippen molar-refractivity contribution >= 4 is 29.9 Å². The number of rotatable bonds is 12. The third kappa shape index (κ3) is 12.3. The van der Waals surface area contributed by atoms with Crippen LogP contribution < -0.4 is 10.6 Å². The maximum absolute atomic E-state index is 15.6. The zero-order valence-electron chi connectivity index (χ0n) is 34.3. The molecule has 4 saturated heterocycles. The zero-order valence-corrected chi connectivity index (χ0v) is 35.1. The smallest absolute Gasteiger partial charge is 0.389 e. The number of nitrogens with one attached hydrogen (secondary N) is 2. The Kier molecular flexibility index (Phi) is 14.0. The monoisotopic (exact) mass is 873 g/mol. The molecule has 7 rings (SSSR count). The van der Waals surface area contributed by atoms with E-state index < -0.39 is 41.5 Å². The van der Waals surface area contributed by atoms with Crippen LogP contribution in [0.25, 0.3) is 11.3 Å². The molecule has 0 aliphatic carbocycles. The Balaban J connectivity index is 0.815. The minimum absolute atomic E-state index is 0.0203. The highest BCUT2D eigenvalue weighted by Crippen LogP contribution is 2.38. The molecule has 4 aliphatic heterocycles. The number of likely N-dealkylation sites (tertiary alicyclic amines) is 1. The van der Waals surface area contributed by atoms with Gasteiger partial charge in [-0.15, -0.1) is 0 Å². The molecule has 6 heterocycles. The van der Waals surface area contributed by atoms with Gasteiger partial charge < -0.3 is 20.1 Å². The predicted molar refractivity (Wildman–Crippen MR) is 219 cm³/mol. The fraction of sp³-hybridized carbons (Fsp3) is 0.595. The lowest BCUT2D eigenvalue weighted by atomic mass is 9.90. The van der Waals surface area contributed by atoms with Crippen molar-refractivity contribution in [2.45, 2.75) is 101 Å². The second-order valence-electron chi connectivity index (χ2n) is 17.0. The van der Waals surface area contributed by atoms with E-state index in [1.165, 1.54) is 43.1 Å². The quantitative estimate of drug-likeness (QED) is 0.0907. The highest BCUT2D eigenvalue weighted by Gasteiger charge is 2.46. The summed E-state index contributed by atoms with van der Waals surface area (Å²) in [6.45, 7) is 7.65. The summed E-state index contributed by atoms with van der Waals surface area (Å²) in [5, 5.41) is 19.2. The lowest BCUT2D eigenvalue weighted by Gasteiger charge is -2.41. The molecule has 0 spiro atoms. The molecule has 19 heteroatoms. The van der Waals surface area contributed by atoms with Gasteiger partial charge in [-0.3, -0.25) is 19.6 Å². The molecule has 2 aromatic heterocycles. The van der Waals surface area contributed by atoms with Gasteiger partial charge in [0.05, 0.1) is 48.6 Å². The van der Waals surface area contributed by atoms with E-state index in [1.54, 1.807) is 4.31 Å². The van der Waals surface area contributed by atoms with Gasteiger partial charge in [0, 0.05) is 81.3 Å². The summed E-state index contributed by atoms with van der Waals surface area (Å²) in [5.74, 6) is 2.36. The van der Waals surface area contributed by atoms with Crippen molar-refractivity contribution in [3.8, 4) is 23.1 Å². The number of hydrogen-bond acceptors (Lipinski definition) is 12. The molecule has 2 unspecified atom stereocenters. The van der Waals surface area contributed by atoms with Crippen molar-refractivity contribution in [3.05, 3.63) is 59.5 Å². The predicted octanol–water partition coefficient (Wildman–Crippen LogP) is 5.58. The van der Waals surface area contributed by atoms with Crippen LogP contribution >= 0.6 is 12.1 Å². The van der Waals surface area contributed by atoms with Gasteiger partial charge in [-0.2, -0.15) is 18.3 Å². The average molecular weight is 874 g/mol. The average Bonchev–Trinajstić information content (AvgIpc) is 3.65. The number of aromatic nitrogens is 4. The van der Waals surface area contributed by atoms with Gasteiger partial charge in [0.15, 0.2) is 0 Å². The first-order valence-corrected chi connectivity index (χ1v) is 21.5. The minimum atomic E-state index is -4.79. The van der Waals surface area contributed by atoms with E-state index >= 15 is 8.78 Å². The first kappa shape index (κ1) is 44.9. The Labute approximate surface area is 356 Å². The number of carbonyl (C=O) groups excluding carboxylic acids is 2. The molecule has 2 amide bonds. The number of halogens is 5. The second kappa shape index (κ2) is 19.1. The van der Waals surface area contributed by atoms with Gasteiger partial charge in [-0.05, 0) is 76.0 Å². The Hall–Kier alpha value is -4.19. The molecular weight excluding hydrogens is 822 g/mol. The lowest BCUT2D eigenvalue weighted by molar-refractivity contribution is -0.137. The Bertz CT molecular complexity index is 2070. The van der Waals surface area contributed by atoms with Crippen molar-refractivity contribution < 1.29 is 41.4 Å². The van der Waals surface area contributed by atoms with Gasteiger partial charge >= 0.3 is 6.18 Å². The standard InChI is InChI=1S/C42H52F5N9O4S/c1-40(2,59)26-54-25-31(22-49-54)37-34(42(45,46)47)23-48-39(52-37)50-35-14-19-56(27-41(35,43)44)61-55-17-10-29(11-18-55)24-53-15-12-32(13-16-53)60-20-4-6-28-5-3-7-30(21-28)33-8-9-36(57)51-38(33)58/h3,5,7,21-23,25,29,32-33,35,59H,8-20,24,26-27H2,1-2H3,(H,48,50,52)(H,51,57,58). The fourth-order valence-electron chi connectivity index (χ4n) is 8.26. The van der Waals surface area contributed by atoms with Crippen molar-refractivity contribution in [1.82, 2.24) is 38.6 Å². The topological polar surface area (TPSA) is 141 Å². The number of alkyl halides is 5. The van der Waals surface area contributed by atoms with Crippen molar-refractivity contribution in [2.24, 2.45) is 5.92 Å². The molecular formula is C42H52F5N9O4S. The maximum atomic E-state index is 15.6. The highest BCUT2D eigenvalue weighted by atomic mass is 32.2. The van der Waals surface area contributed by atoms with Gasteiger partial charge in [0.25, 0.3) is 5.92 Å². The van der Waals surface area contributed by atoms with Crippen LogP contribution in [0.3, 0.4) is 0 Å². The molecule has 1 aromatic carbocycles. The van der Waals surface area contributed by atoms with Crippen LogP contribution in [0.5, 0.6) is 0 Å². The summed E-state index contributed by atoms with van der Waals surface area (Å²) in [7, 11) is 0. The molecule has 330 valence electrons. The number of aliphatic hydroxyl groups is 1. The van der Waals surface area contributed by atoms with Crippen molar-refractivity contribution in [2.75, 3.05) is 57.7 Å². The first-order chi connectivity index (χ1) is 29.0. The molecule has 61 heavy (non-hydrogen) atoms. The van der Waals surface area contributed by atoms with Crippen LogP contribution in [-0.2, 0) is 27.0 Å². The summed E-state index contributed by atoms with van der Waals surface area (Å²) in [4.78, 5) is 34.0. The Morgan fingerprint density at radius 1 is 1.02 bits per heavy atom. The Morgan fingerprint density at radius 2 is 1.77 bits per heavy atom. The number of ether oxygens (including phenoxy) is 1. The summed E-state index contributed by atoms with van der Waals surface area (Å²) < 4.78 is 84.0. The van der Waals surface area contributed by atoms with E-state index in [9.17, 15) is 27.9 Å². The van der Waals surface area contributed by atoms with Crippen LogP contribution in [0.2, 0.25) is 0 Å². The lowest BCUT2D eigenvalue weighted by Crippen LogP contribution is -2.53. The molecule has 13 nitrogen and oxygen atoms in total. The zero-order chi connectivity index (χ0) is 43.4. The van der Waals surface area contributed by atoms with Gasteiger partial charge in [-0.1, -0.05) is 24.0 Å². The van der Waals surface area contributed by atoms with Crippen LogP contribution in [0.15, 0.2) is 42.9 Å². The molecule has 2 atom stereocenters. The molecule has 4 fully saturated rings. The molecule has 0 radical (unpaired) electrons. The fourth-order valence-corrected chi connectivity index (χ4v) is 9.38. The summed E-state index contributed by atoms with van der Waals surface area (Å²) in [5.41, 5.74) is -1.10. The third-order valence-corrected chi connectivity index (χ3v) is 12.6. The van der Waals surface area contributed by atoms with E-state index in [0.717, 1.165) is 69.5 Å². The van der Waals surface area contributed by atoms with E-state index in [1.807, 2.05) is 24.3 Å². The van der Waals surface area contributed by atoms with E-state index in [-0.39, 0.29) is 48.3 Å². The maximum Gasteiger partial charge on any atom is 0.419 e. The summed E-state index contributed by atoms with van der Waals surface area (Å²) >= 11 is 1.33.